The van der Waals surface area contributed by atoms with Gasteiger partial charge in [0.05, 0.1) is 23.3 Å². The average Bonchev–Trinajstić information content (AvgIpc) is 2.49. The fourth-order valence-electron chi connectivity index (χ4n) is 1.79. The molecule has 122 valence electrons. The van der Waals surface area contributed by atoms with Crippen molar-refractivity contribution in [3.05, 3.63) is 47.5 Å². The van der Waals surface area contributed by atoms with Crippen molar-refractivity contribution in [1.29, 1.82) is 0 Å². The van der Waals surface area contributed by atoms with Crippen molar-refractivity contribution in [3.8, 4) is 0 Å². The summed E-state index contributed by atoms with van der Waals surface area (Å²) in [7, 11) is 0. The van der Waals surface area contributed by atoms with Gasteiger partial charge in [0, 0.05) is 15.3 Å². The highest BCUT2D eigenvalue weighted by Crippen LogP contribution is 2.25. The summed E-state index contributed by atoms with van der Waals surface area (Å²) in [5, 5.41) is 3.29. The van der Waals surface area contributed by atoms with Crippen LogP contribution in [-0.4, -0.2) is 21.1 Å². The maximum absolute atomic E-state index is 12.3. The molecule has 23 heavy (non-hydrogen) atoms. The average molecular weight is 350 g/mol. The van der Waals surface area contributed by atoms with Crippen LogP contribution in [0.4, 0.5) is 5.69 Å². The predicted molar refractivity (Wildman–Crippen MR) is 96.1 cm³/mol. The summed E-state index contributed by atoms with van der Waals surface area (Å²) in [6.07, 6.45) is 3.29. The summed E-state index contributed by atoms with van der Waals surface area (Å²) >= 11 is 7.34. The summed E-state index contributed by atoms with van der Waals surface area (Å²) < 4.78 is 0. The number of carbonyl (C=O) groups is 1. The Hall–Kier alpha value is -1.59. The van der Waals surface area contributed by atoms with Gasteiger partial charge in [0.2, 0.25) is 5.91 Å². The van der Waals surface area contributed by atoms with Crippen LogP contribution >= 0.6 is 23.4 Å². The Bertz CT molecular complexity index is 666. The molecule has 2 aromatic rings. The zero-order valence-electron chi connectivity index (χ0n) is 13.6. The van der Waals surface area contributed by atoms with Crippen LogP contribution in [0, 0.1) is 0 Å². The van der Waals surface area contributed by atoms with Crippen molar-refractivity contribution in [2.24, 2.45) is 0 Å². The zero-order chi connectivity index (χ0) is 17.0. The van der Waals surface area contributed by atoms with Gasteiger partial charge in [0.25, 0.3) is 0 Å². The molecule has 1 aromatic heterocycles. The molecule has 0 aliphatic rings. The number of thioether (sulfide) groups is 1. The van der Waals surface area contributed by atoms with Gasteiger partial charge < -0.3 is 5.32 Å². The van der Waals surface area contributed by atoms with Gasteiger partial charge in [-0.05, 0) is 31.2 Å². The molecular weight excluding hydrogens is 330 g/mol. The number of carbonyl (C=O) groups excluding carboxylic acids is 1. The number of anilines is 1. The lowest BCUT2D eigenvalue weighted by molar-refractivity contribution is -0.115. The summed E-state index contributed by atoms with van der Waals surface area (Å²) in [6.45, 7) is 8.00. The summed E-state index contributed by atoms with van der Waals surface area (Å²) in [6, 6.07) is 7.43. The van der Waals surface area contributed by atoms with E-state index in [4.69, 9.17) is 11.6 Å². The van der Waals surface area contributed by atoms with Crippen LogP contribution in [0.5, 0.6) is 0 Å². The molecule has 4 nitrogen and oxygen atoms in total. The van der Waals surface area contributed by atoms with E-state index >= 15 is 0 Å². The Morgan fingerprint density at radius 3 is 2.26 bits per heavy atom. The van der Waals surface area contributed by atoms with E-state index in [1.807, 2.05) is 52.0 Å². The second-order valence-corrected chi connectivity index (χ2v) is 8.10. The SMILES string of the molecule is CC(Sc1ccc(Cl)cc1)C(=O)Nc1cnc(C(C)(C)C)nc1. The Morgan fingerprint density at radius 2 is 1.74 bits per heavy atom. The van der Waals surface area contributed by atoms with Gasteiger partial charge in [-0.1, -0.05) is 32.4 Å². The lowest BCUT2D eigenvalue weighted by Gasteiger charge is -2.16. The topological polar surface area (TPSA) is 54.9 Å². The summed E-state index contributed by atoms with van der Waals surface area (Å²) in [5.74, 6) is 0.663. The number of amides is 1. The Morgan fingerprint density at radius 1 is 1.17 bits per heavy atom. The highest BCUT2D eigenvalue weighted by molar-refractivity contribution is 8.00. The van der Waals surface area contributed by atoms with Gasteiger partial charge in [-0.15, -0.1) is 11.8 Å². The van der Waals surface area contributed by atoms with Gasteiger partial charge in [0.15, 0.2) is 0 Å². The molecule has 1 amide bonds. The van der Waals surface area contributed by atoms with Crippen molar-refractivity contribution in [1.82, 2.24) is 9.97 Å². The van der Waals surface area contributed by atoms with Crippen molar-refractivity contribution in [2.45, 2.75) is 43.3 Å². The molecule has 0 spiro atoms. The molecule has 0 bridgehead atoms. The molecule has 1 atom stereocenters. The lowest BCUT2D eigenvalue weighted by Crippen LogP contribution is -2.23. The molecule has 0 radical (unpaired) electrons. The third-order valence-electron chi connectivity index (χ3n) is 3.09. The molecule has 1 N–H and O–H groups in total. The summed E-state index contributed by atoms with van der Waals surface area (Å²) in [4.78, 5) is 21.9. The van der Waals surface area contributed by atoms with E-state index in [0.29, 0.717) is 10.7 Å². The van der Waals surface area contributed by atoms with E-state index < -0.39 is 0 Å². The quantitative estimate of drug-likeness (QED) is 0.823. The molecule has 1 aromatic carbocycles. The number of nitrogens with zero attached hydrogens (tertiary/aromatic N) is 2. The molecule has 0 aliphatic carbocycles. The second kappa shape index (κ2) is 7.32. The van der Waals surface area contributed by atoms with Crippen molar-refractivity contribution in [3.63, 3.8) is 0 Å². The van der Waals surface area contributed by atoms with Gasteiger partial charge in [-0.2, -0.15) is 0 Å². The van der Waals surface area contributed by atoms with E-state index in [1.165, 1.54) is 11.8 Å². The van der Waals surface area contributed by atoms with Gasteiger partial charge in [-0.3, -0.25) is 4.79 Å². The van der Waals surface area contributed by atoms with E-state index in [1.54, 1.807) is 12.4 Å². The maximum atomic E-state index is 12.3. The molecule has 0 aliphatic heterocycles. The van der Waals surface area contributed by atoms with Crippen LogP contribution in [-0.2, 0) is 10.2 Å². The molecule has 0 fully saturated rings. The fraction of sp³-hybridized carbons (Fsp3) is 0.353. The Balaban J connectivity index is 1.96. The number of rotatable bonds is 4. The van der Waals surface area contributed by atoms with E-state index in [-0.39, 0.29) is 16.6 Å². The lowest BCUT2D eigenvalue weighted by atomic mass is 9.96. The molecule has 0 saturated heterocycles. The number of hydrogen-bond donors (Lipinski definition) is 1. The van der Waals surface area contributed by atoms with E-state index in [2.05, 4.69) is 15.3 Å². The van der Waals surface area contributed by atoms with Gasteiger partial charge in [-0.25, -0.2) is 9.97 Å². The van der Waals surface area contributed by atoms with Crippen molar-refractivity contribution >= 4 is 35.0 Å². The standard InChI is InChI=1S/C17H20ClN3OS/c1-11(23-14-7-5-12(18)6-8-14)15(22)21-13-9-19-16(20-10-13)17(2,3)4/h5-11H,1-4H3,(H,21,22). The summed E-state index contributed by atoms with van der Waals surface area (Å²) in [5.41, 5.74) is 0.492. The largest absolute Gasteiger partial charge is 0.322 e. The number of hydrogen-bond acceptors (Lipinski definition) is 4. The first-order chi connectivity index (χ1) is 10.8. The fourth-order valence-corrected chi connectivity index (χ4v) is 2.79. The number of benzene rings is 1. The smallest absolute Gasteiger partial charge is 0.237 e. The Kier molecular flexibility index (Phi) is 5.65. The molecule has 1 unspecified atom stereocenters. The molecule has 6 heteroatoms. The van der Waals surface area contributed by atoms with Crippen LogP contribution in [0.15, 0.2) is 41.6 Å². The third kappa shape index (κ3) is 5.22. The number of halogens is 1. The van der Waals surface area contributed by atoms with E-state index in [9.17, 15) is 4.79 Å². The van der Waals surface area contributed by atoms with Crippen LogP contribution in [0.2, 0.25) is 5.02 Å². The first-order valence-corrected chi connectivity index (χ1v) is 8.57. The Labute approximate surface area is 146 Å². The van der Waals surface area contributed by atoms with Crippen molar-refractivity contribution in [2.75, 3.05) is 5.32 Å². The molecule has 1 heterocycles. The van der Waals surface area contributed by atoms with Crippen molar-refractivity contribution < 1.29 is 4.79 Å². The molecular formula is C17H20ClN3OS. The van der Waals surface area contributed by atoms with Gasteiger partial charge in [0.1, 0.15) is 5.82 Å². The van der Waals surface area contributed by atoms with Crippen LogP contribution in [0.3, 0.4) is 0 Å². The zero-order valence-corrected chi connectivity index (χ0v) is 15.2. The number of nitrogens with one attached hydrogen (secondary N) is 1. The molecule has 0 saturated carbocycles. The maximum Gasteiger partial charge on any atom is 0.237 e. The number of aromatic nitrogens is 2. The first-order valence-electron chi connectivity index (χ1n) is 7.31. The second-order valence-electron chi connectivity index (χ2n) is 6.25. The minimum Gasteiger partial charge on any atom is -0.322 e. The highest BCUT2D eigenvalue weighted by Gasteiger charge is 2.18. The molecule has 2 rings (SSSR count). The van der Waals surface area contributed by atoms with Crippen LogP contribution < -0.4 is 5.32 Å². The van der Waals surface area contributed by atoms with Crippen LogP contribution in [0.25, 0.3) is 0 Å². The van der Waals surface area contributed by atoms with E-state index in [0.717, 1.165) is 10.7 Å². The minimum atomic E-state index is -0.238. The first kappa shape index (κ1) is 17.8. The third-order valence-corrected chi connectivity index (χ3v) is 4.45. The normalized spacial score (nSPS) is 12.7. The predicted octanol–water partition coefficient (Wildman–Crippen LogP) is 4.55. The minimum absolute atomic E-state index is 0.0861. The highest BCUT2D eigenvalue weighted by atomic mass is 35.5. The van der Waals surface area contributed by atoms with Crippen LogP contribution in [0.1, 0.15) is 33.5 Å². The monoisotopic (exact) mass is 349 g/mol. The van der Waals surface area contributed by atoms with Gasteiger partial charge >= 0.3 is 0 Å².